The molecule has 1 N–H and O–H groups in total. The Morgan fingerprint density at radius 2 is 2.03 bits per heavy atom. The zero-order valence-electron chi connectivity index (χ0n) is 16.8. The summed E-state index contributed by atoms with van der Waals surface area (Å²) in [6, 6.07) is 9.94. The number of carbonyl (C=O) groups excluding carboxylic acids is 2. The molecule has 0 radical (unpaired) electrons. The quantitative estimate of drug-likeness (QED) is 0.458. The highest BCUT2D eigenvalue weighted by molar-refractivity contribution is 8.26. The number of thioether (sulfide) groups is 1. The summed E-state index contributed by atoms with van der Waals surface area (Å²) < 4.78 is 0.524. The average molecular weight is 459 g/mol. The number of hydrogen-bond acceptors (Lipinski definition) is 7. The Morgan fingerprint density at radius 1 is 1.27 bits per heavy atom. The predicted molar refractivity (Wildman–Crippen MR) is 127 cm³/mol. The Hall–Kier alpha value is -2.36. The van der Waals surface area contributed by atoms with Gasteiger partial charge in [0.25, 0.3) is 5.91 Å². The Bertz CT molecular complexity index is 999. The number of nitrogens with one attached hydrogen (secondary N) is 1. The van der Waals surface area contributed by atoms with E-state index in [4.69, 9.17) is 12.2 Å². The summed E-state index contributed by atoms with van der Waals surface area (Å²) in [4.78, 5) is 27.0. The molecule has 0 unspecified atom stereocenters. The van der Waals surface area contributed by atoms with Gasteiger partial charge < -0.3 is 5.32 Å². The third-order valence-corrected chi connectivity index (χ3v) is 6.59. The fourth-order valence-electron chi connectivity index (χ4n) is 2.78. The van der Waals surface area contributed by atoms with Gasteiger partial charge in [0.05, 0.1) is 4.91 Å². The van der Waals surface area contributed by atoms with Crippen molar-refractivity contribution in [2.24, 2.45) is 0 Å². The predicted octanol–water partition coefficient (Wildman–Crippen LogP) is 4.67. The number of carbonyl (C=O) groups is 2. The zero-order valence-corrected chi connectivity index (χ0v) is 19.2. The third kappa shape index (κ3) is 6.07. The number of thiocarbonyl (C=S) groups is 1. The molecule has 1 aliphatic heterocycles. The van der Waals surface area contributed by atoms with Crippen LogP contribution in [0.3, 0.4) is 0 Å². The van der Waals surface area contributed by atoms with E-state index < -0.39 is 0 Å². The average Bonchev–Trinajstić information content (AvgIpc) is 3.28. The second-order valence-corrected chi connectivity index (χ2v) is 9.38. The molecule has 1 aliphatic rings. The fourth-order valence-corrected chi connectivity index (χ4v) is 4.83. The van der Waals surface area contributed by atoms with E-state index in [0.29, 0.717) is 27.3 Å². The van der Waals surface area contributed by atoms with Crippen LogP contribution in [0, 0.1) is 0 Å². The first-order valence-electron chi connectivity index (χ1n) is 9.57. The minimum atomic E-state index is -0.142. The Kier molecular flexibility index (Phi) is 7.89. The van der Waals surface area contributed by atoms with Gasteiger partial charge in [-0.15, -0.1) is 10.2 Å². The van der Waals surface area contributed by atoms with Gasteiger partial charge >= 0.3 is 0 Å². The van der Waals surface area contributed by atoms with Crippen LogP contribution in [0.15, 0.2) is 46.9 Å². The lowest BCUT2D eigenvalue weighted by Gasteiger charge is -2.13. The van der Waals surface area contributed by atoms with E-state index in [0.717, 1.165) is 22.6 Å². The van der Waals surface area contributed by atoms with Gasteiger partial charge in [-0.3, -0.25) is 14.5 Å². The number of benzene rings is 1. The van der Waals surface area contributed by atoms with Crippen LogP contribution >= 0.6 is 35.3 Å². The standard InChI is InChI=1S/C21H22N4O2S3/c1-3-18-23-24-20(30-18)22-17(26)10-7-11-25-19(27)16(29-21(25)28)13-14(2)12-15-8-5-4-6-9-15/h4-6,8-9,12-13H,3,7,10-11H2,1-2H3,(H,22,24,26)/b14-12+,16-13+. The highest BCUT2D eigenvalue weighted by Crippen LogP contribution is 2.32. The van der Waals surface area contributed by atoms with Crippen LogP contribution in [0.1, 0.15) is 37.3 Å². The smallest absolute Gasteiger partial charge is 0.266 e. The summed E-state index contributed by atoms with van der Waals surface area (Å²) in [7, 11) is 0. The highest BCUT2D eigenvalue weighted by atomic mass is 32.2. The second-order valence-electron chi connectivity index (χ2n) is 6.64. The fraction of sp³-hybridized carbons (Fsp3) is 0.286. The maximum atomic E-state index is 12.7. The Morgan fingerprint density at radius 3 is 2.73 bits per heavy atom. The summed E-state index contributed by atoms with van der Waals surface area (Å²) in [5, 5.41) is 12.1. The van der Waals surface area contributed by atoms with Crippen molar-refractivity contribution in [1.82, 2.24) is 15.1 Å². The third-order valence-electron chi connectivity index (χ3n) is 4.23. The van der Waals surface area contributed by atoms with Crippen molar-refractivity contribution in [2.45, 2.75) is 33.1 Å². The summed E-state index contributed by atoms with van der Waals surface area (Å²) in [6.07, 6.45) is 5.47. The van der Waals surface area contributed by atoms with Gasteiger partial charge in [0, 0.05) is 13.0 Å². The van der Waals surface area contributed by atoms with E-state index in [1.165, 1.54) is 23.1 Å². The lowest BCUT2D eigenvalue weighted by atomic mass is 10.1. The van der Waals surface area contributed by atoms with Crippen molar-refractivity contribution < 1.29 is 9.59 Å². The molecule has 0 spiro atoms. The normalized spacial score (nSPS) is 15.9. The minimum absolute atomic E-state index is 0.108. The molecule has 9 heteroatoms. The van der Waals surface area contributed by atoms with E-state index in [1.807, 2.05) is 56.3 Å². The molecular formula is C21H22N4O2S3. The molecule has 2 heterocycles. The van der Waals surface area contributed by atoms with Gasteiger partial charge in [0.1, 0.15) is 9.33 Å². The highest BCUT2D eigenvalue weighted by Gasteiger charge is 2.31. The van der Waals surface area contributed by atoms with Crippen LogP contribution in [0.2, 0.25) is 0 Å². The minimum Gasteiger partial charge on any atom is -0.301 e. The lowest BCUT2D eigenvalue weighted by Crippen LogP contribution is -2.29. The molecule has 1 fully saturated rings. The molecule has 1 aromatic carbocycles. The zero-order chi connectivity index (χ0) is 21.5. The molecular weight excluding hydrogens is 436 g/mol. The molecule has 2 amide bonds. The van der Waals surface area contributed by atoms with Crippen LogP contribution < -0.4 is 5.32 Å². The maximum Gasteiger partial charge on any atom is 0.266 e. The number of aryl methyl sites for hydroxylation is 1. The van der Waals surface area contributed by atoms with Gasteiger partial charge in [-0.2, -0.15) is 0 Å². The summed E-state index contributed by atoms with van der Waals surface area (Å²) in [6.45, 7) is 4.36. The van der Waals surface area contributed by atoms with Crippen molar-refractivity contribution in [3.8, 4) is 0 Å². The van der Waals surface area contributed by atoms with Gasteiger partial charge in [0.2, 0.25) is 11.0 Å². The molecule has 0 bridgehead atoms. The first-order chi connectivity index (χ1) is 14.5. The lowest BCUT2D eigenvalue weighted by molar-refractivity contribution is -0.122. The first kappa shape index (κ1) is 22.3. The summed E-state index contributed by atoms with van der Waals surface area (Å²) in [5.74, 6) is -0.251. The number of amides is 2. The maximum absolute atomic E-state index is 12.7. The summed E-state index contributed by atoms with van der Waals surface area (Å²) >= 11 is 8.04. The van der Waals surface area contributed by atoms with Crippen LogP contribution in [0.4, 0.5) is 5.13 Å². The molecule has 0 atom stereocenters. The number of aromatic nitrogens is 2. The van der Waals surface area contributed by atoms with Crippen molar-refractivity contribution in [2.75, 3.05) is 11.9 Å². The SMILES string of the molecule is CCc1nnc(NC(=O)CCCN2C(=O)/C(=C\C(C)=C\c3ccccc3)SC2=S)s1. The van der Waals surface area contributed by atoms with E-state index in [-0.39, 0.29) is 18.2 Å². The van der Waals surface area contributed by atoms with Crippen LogP contribution in [-0.2, 0) is 16.0 Å². The number of anilines is 1. The number of rotatable bonds is 8. The van der Waals surface area contributed by atoms with E-state index >= 15 is 0 Å². The Labute approximate surface area is 189 Å². The molecule has 156 valence electrons. The topological polar surface area (TPSA) is 75.2 Å². The molecule has 2 aromatic rings. The van der Waals surface area contributed by atoms with E-state index in [1.54, 1.807) is 4.90 Å². The summed E-state index contributed by atoms with van der Waals surface area (Å²) in [5.41, 5.74) is 2.05. The van der Waals surface area contributed by atoms with Gasteiger partial charge in [-0.25, -0.2) is 0 Å². The van der Waals surface area contributed by atoms with E-state index in [2.05, 4.69) is 15.5 Å². The van der Waals surface area contributed by atoms with E-state index in [9.17, 15) is 9.59 Å². The molecule has 6 nitrogen and oxygen atoms in total. The molecule has 1 aromatic heterocycles. The molecule has 0 aliphatic carbocycles. The van der Waals surface area contributed by atoms with Crippen LogP contribution in [0.25, 0.3) is 6.08 Å². The number of hydrogen-bond donors (Lipinski definition) is 1. The van der Waals surface area contributed by atoms with Crippen molar-refractivity contribution in [1.29, 1.82) is 0 Å². The molecule has 1 saturated heterocycles. The number of allylic oxidation sites excluding steroid dienone is 2. The molecule has 0 saturated carbocycles. The van der Waals surface area contributed by atoms with Gasteiger partial charge in [0.15, 0.2) is 0 Å². The first-order valence-corrected chi connectivity index (χ1v) is 11.6. The monoisotopic (exact) mass is 458 g/mol. The second kappa shape index (κ2) is 10.6. The van der Waals surface area contributed by atoms with Crippen molar-refractivity contribution in [3.63, 3.8) is 0 Å². The largest absolute Gasteiger partial charge is 0.301 e. The van der Waals surface area contributed by atoms with Gasteiger partial charge in [-0.1, -0.05) is 78.6 Å². The van der Waals surface area contributed by atoms with Crippen LogP contribution in [-0.4, -0.2) is 37.8 Å². The van der Waals surface area contributed by atoms with Crippen LogP contribution in [0.5, 0.6) is 0 Å². The van der Waals surface area contributed by atoms with Crippen molar-refractivity contribution in [3.05, 3.63) is 57.5 Å². The number of nitrogens with zero attached hydrogens (tertiary/aromatic N) is 3. The molecule has 3 rings (SSSR count). The van der Waals surface area contributed by atoms with Gasteiger partial charge in [-0.05, 0) is 37.0 Å². The Balaban J connectivity index is 1.52. The van der Waals surface area contributed by atoms with Crippen molar-refractivity contribution >= 4 is 62.7 Å². The molecule has 30 heavy (non-hydrogen) atoms.